The van der Waals surface area contributed by atoms with E-state index in [1.807, 2.05) is 24.3 Å². The molecule has 3 heteroatoms. The summed E-state index contributed by atoms with van der Waals surface area (Å²) in [5.74, 6) is 0.204. The number of ketones is 1. The summed E-state index contributed by atoms with van der Waals surface area (Å²) < 4.78 is 2.36. The quantitative estimate of drug-likeness (QED) is 0.341. The van der Waals surface area contributed by atoms with Gasteiger partial charge in [-0.1, -0.05) is 36.4 Å². The van der Waals surface area contributed by atoms with Crippen LogP contribution in [-0.4, -0.2) is 5.78 Å². The molecule has 0 heterocycles. The second kappa shape index (κ2) is 7.75. The molecule has 3 rings (SSSR count). The Morgan fingerprint density at radius 1 is 0.739 bits per heavy atom. The Labute approximate surface area is 164 Å². The third-order valence-electron chi connectivity index (χ3n) is 3.95. The van der Waals surface area contributed by atoms with Gasteiger partial charge in [0, 0.05) is 18.3 Å². The van der Waals surface area contributed by atoms with Gasteiger partial charge in [-0.15, -0.1) is 0 Å². The molecule has 0 atom stereocenters. The number of halogens is 2. The van der Waals surface area contributed by atoms with Gasteiger partial charge in [-0.3, -0.25) is 4.79 Å². The Morgan fingerprint density at radius 2 is 1.17 bits per heavy atom. The van der Waals surface area contributed by atoms with E-state index in [4.69, 9.17) is 0 Å². The van der Waals surface area contributed by atoms with Gasteiger partial charge in [0.25, 0.3) is 0 Å². The molecule has 1 aliphatic carbocycles. The highest BCUT2D eigenvalue weighted by Gasteiger charge is 2.20. The lowest BCUT2D eigenvalue weighted by Gasteiger charge is -2.17. The highest BCUT2D eigenvalue weighted by atomic mass is 127. The number of hydrogen-bond acceptors (Lipinski definition) is 1. The Kier molecular flexibility index (Phi) is 5.69. The lowest BCUT2D eigenvalue weighted by molar-refractivity contribution is -0.112. The maximum Gasteiger partial charge on any atom is 0.185 e. The second-order valence-electron chi connectivity index (χ2n) is 5.56. The molecular formula is C20H16I2O. The SMILES string of the molecule is O=C1/C(=C/c2ccccc2I)CCC/C1=C\c1ccccc1I. The highest BCUT2D eigenvalue weighted by molar-refractivity contribution is 14.1. The first-order valence-electron chi connectivity index (χ1n) is 7.60. The molecule has 1 saturated carbocycles. The number of Topliss-reactive ketones (excluding diaryl/α,β-unsaturated/α-hetero) is 1. The molecule has 1 fully saturated rings. The maximum absolute atomic E-state index is 12.8. The molecule has 0 aromatic heterocycles. The zero-order valence-corrected chi connectivity index (χ0v) is 16.9. The second-order valence-corrected chi connectivity index (χ2v) is 7.89. The molecule has 2 aromatic carbocycles. The summed E-state index contributed by atoms with van der Waals surface area (Å²) in [7, 11) is 0. The van der Waals surface area contributed by atoms with Crippen molar-refractivity contribution in [1.82, 2.24) is 0 Å². The molecule has 0 radical (unpaired) electrons. The van der Waals surface area contributed by atoms with Gasteiger partial charge in [0.15, 0.2) is 5.78 Å². The molecule has 0 aliphatic heterocycles. The average molecular weight is 526 g/mol. The van der Waals surface area contributed by atoms with E-state index in [1.165, 1.54) is 7.14 Å². The van der Waals surface area contributed by atoms with Gasteiger partial charge in [0.05, 0.1) is 0 Å². The standard InChI is InChI=1S/C20H16I2O/c21-18-10-3-1-6-14(18)12-16-8-5-9-17(20(16)23)13-15-7-2-4-11-19(15)22/h1-4,6-7,10-13H,5,8-9H2/b16-12+,17-13+. The predicted octanol–water partition coefficient (Wildman–Crippen LogP) is 6.12. The van der Waals surface area contributed by atoms with E-state index in [0.29, 0.717) is 0 Å². The highest BCUT2D eigenvalue weighted by Crippen LogP contribution is 2.29. The molecule has 116 valence electrons. The van der Waals surface area contributed by atoms with Gasteiger partial charge in [0.2, 0.25) is 0 Å². The van der Waals surface area contributed by atoms with E-state index < -0.39 is 0 Å². The van der Waals surface area contributed by atoms with Crippen LogP contribution in [0, 0.1) is 7.14 Å². The Morgan fingerprint density at radius 3 is 1.61 bits per heavy atom. The molecule has 1 nitrogen and oxygen atoms in total. The van der Waals surface area contributed by atoms with Gasteiger partial charge in [-0.2, -0.15) is 0 Å². The first-order chi connectivity index (χ1) is 11.1. The third kappa shape index (κ3) is 4.12. The van der Waals surface area contributed by atoms with Gasteiger partial charge in [-0.05, 0) is 99.9 Å². The van der Waals surface area contributed by atoms with Crippen molar-refractivity contribution in [2.75, 3.05) is 0 Å². The van der Waals surface area contributed by atoms with Crippen LogP contribution in [0.1, 0.15) is 30.4 Å². The maximum atomic E-state index is 12.8. The fraction of sp³-hybridized carbons (Fsp3) is 0.150. The fourth-order valence-corrected chi connectivity index (χ4v) is 3.82. The van der Waals surface area contributed by atoms with Crippen molar-refractivity contribution in [3.8, 4) is 0 Å². The lowest BCUT2D eigenvalue weighted by atomic mass is 9.87. The number of carbonyl (C=O) groups is 1. The molecule has 2 aromatic rings. The van der Waals surface area contributed by atoms with Crippen molar-refractivity contribution >= 4 is 63.1 Å². The summed E-state index contributed by atoms with van der Waals surface area (Å²) >= 11 is 4.64. The Balaban J connectivity index is 1.93. The van der Waals surface area contributed by atoms with Crippen LogP contribution in [0.25, 0.3) is 12.2 Å². The summed E-state index contributed by atoms with van der Waals surface area (Å²) in [6.07, 6.45) is 6.90. The Bertz CT molecular complexity index is 737. The number of allylic oxidation sites excluding steroid dienone is 2. The summed E-state index contributed by atoms with van der Waals surface area (Å²) in [4.78, 5) is 12.8. The smallest absolute Gasteiger partial charge is 0.185 e. The van der Waals surface area contributed by atoms with Crippen LogP contribution in [0.3, 0.4) is 0 Å². The number of benzene rings is 2. The van der Waals surface area contributed by atoms with Crippen LogP contribution < -0.4 is 0 Å². The molecule has 1 aliphatic rings. The number of rotatable bonds is 2. The normalized spacial score (nSPS) is 18.6. The van der Waals surface area contributed by atoms with E-state index in [0.717, 1.165) is 41.5 Å². The van der Waals surface area contributed by atoms with Crippen LogP contribution in [0.4, 0.5) is 0 Å². The number of hydrogen-bond donors (Lipinski definition) is 0. The first-order valence-corrected chi connectivity index (χ1v) is 9.76. The third-order valence-corrected chi connectivity index (χ3v) is 5.91. The van der Waals surface area contributed by atoms with Crippen LogP contribution in [0.15, 0.2) is 59.7 Å². The summed E-state index contributed by atoms with van der Waals surface area (Å²) in [5.41, 5.74) is 4.12. The van der Waals surface area contributed by atoms with Crippen molar-refractivity contribution < 1.29 is 4.79 Å². The zero-order valence-electron chi connectivity index (χ0n) is 12.6. The van der Waals surface area contributed by atoms with Crippen molar-refractivity contribution in [3.63, 3.8) is 0 Å². The molecule has 23 heavy (non-hydrogen) atoms. The van der Waals surface area contributed by atoms with E-state index in [9.17, 15) is 4.79 Å². The molecule has 0 unspecified atom stereocenters. The van der Waals surface area contributed by atoms with E-state index in [-0.39, 0.29) is 5.78 Å². The minimum Gasteiger partial charge on any atom is -0.289 e. The van der Waals surface area contributed by atoms with Crippen LogP contribution in [-0.2, 0) is 4.79 Å². The monoisotopic (exact) mass is 526 g/mol. The molecule has 0 spiro atoms. The largest absolute Gasteiger partial charge is 0.289 e. The molecule has 0 bridgehead atoms. The summed E-state index contributed by atoms with van der Waals surface area (Å²) in [5, 5.41) is 0. The summed E-state index contributed by atoms with van der Waals surface area (Å²) in [6, 6.07) is 16.4. The van der Waals surface area contributed by atoms with Gasteiger partial charge < -0.3 is 0 Å². The van der Waals surface area contributed by atoms with Crippen molar-refractivity contribution in [2.24, 2.45) is 0 Å². The lowest BCUT2D eigenvalue weighted by Crippen LogP contribution is -2.12. The van der Waals surface area contributed by atoms with E-state index >= 15 is 0 Å². The molecule has 0 saturated heterocycles. The minimum atomic E-state index is 0.204. The van der Waals surface area contributed by atoms with Gasteiger partial charge >= 0.3 is 0 Å². The predicted molar refractivity (Wildman–Crippen MR) is 113 cm³/mol. The zero-order chi connectivity index (χ0) is 16.2. The van der Waals surface area contributed by atoms with Gasteiger partial charge in [-0.25, -0.2) is 0 Å². The first kappa shape index (κ1) is 16.9. The van der Waals surface area contributed by atoms with Crippen molar-refractivity contribution in [2.45, 2.75) is 19.3 Å². The van der Waals surface area contributed by atoms with Gasteiger partial charge in [0.1, 0.15) is 0 Å². The topological polar surface area (TPSA) is 17.1 Å². The van der Waals surface area contributed by atoms with Crippen molar-refractivity contribution in [1.29, 1.82) is 0 Å². The molecule has 0 amide bonds. The Hall–Kier alpha value is -0.950. The average Bonchev–Trinajstić information content (AvgIpc) is 2.55. The van der Waals surface area contributed by atoms with Crippen molar-refractivity contribution in [3.05, 3.63) is 77.9 Å². The van der Waals surface area contributed by atoms with Crippen LogP contribution in [0.2, 0.25) is 0 Å². The van der Waals surface area contributed by atoms with E-state index in [1.54, 1.807) is 0 Å². The minimum absolute atomic E-state index is 0.204. The fourth-order valence-electron chi connectivity index (χ4n) is 2.74. The summed E-state index contributed by atoms with van der Waals surface area (Å²) in [6.45, 7) is 0. The van der Waals surface area contributed by atoms with Crippen LogP contribution in [0.5, 0.6) is 0 Å². The molecule has 0 N–H and O–H groups in total. The molecular weight excluding hydrogens is 510 g/mol. The number of carbonyl (C=O) groups excluding carboxylic acids is 1. The van der Waals surface area contributed by atoms with Crippen LogP contribution >= 0.6 is 45.2 Å². The van der Waals surface area contributed by atoms with E-state index in [2.05, 4.69) is 81.6 Å².